The Balaban J connectivity index is 0.00000243. The zero-order chi connectivity index (χ0) is 18.6. The van der Waals surface area contributed by atoms with Crippen molar-refractivity contribution in [3.8, 4) is 5.75 Å². The van der Waals surface area contributed by atoms with Crippen molar-refractivity contribution in [1.29, 1.82) is 0 Å². The molecule has 0 radical (unpaired) electrons. The molecule has 1 aromatic heterocycles. The molecule has 0 saturated carbocycles. The fourth-order valence-corrected chi connectivity index (χ4v) is 3.07. The van der Waals surface area contributed by atoms with Crippen molar-refractivity contribution in [3.05, 3.63) is 36.4 Å². The topological polar surface area (TPSA) is 114 Å². The van der Waals surface area contributed by atoms with Crippen molar-refractivity contribution >= 4 is 42.2 Å². The van der Waals surface area contributed by atoms with Crippen LogP contribution in [-0.4, -0.2) is 26.9 Å². The monoisotopic (exact) mass is 434 g/mol. The van der Waals surface area contributed by atoms with Gasteiger partial charge in [-0.25, -0.2) is 8.42 Å². The Kier molecular flexibility index (Phi) is 5.86. The number of halogens is 3. The summed E-state index contributed by atoms with van der Waals surface area (Å²) in [5.74, 6) is -0.650. The standard InChI is InChI=1S/C13H7F3O7S2.K/c14-13(15,16)25(20,21)23-7-1-3-11-9(5-7)10-6-8(24(17,18)19)2-4-12(10)22-11;/h1-6H,(H,17,18,19);/q;+1/p-1. The van der Waals surface area contributed by atoms with Gasteiger partial charge in [-0.3, -0.25) is 0 Å². The van der Waals surface area contributed by atoms with Gasteiger partial charge < -0.3 is 13.2 Å². The van der Waals surface area contributed by atoms with Crippen molar-refractivity contribution in [2.45, 2.75) is 10.4 Å². The summed E-state index contributed by atoms with van der Waals surface area (Å²) in [6.07, 6.45) is 0. The number of rotatable bonds is 3. The van der Waals surface area contributed by atoms with Gasteiger partial charge >= 0.3 is 67.0 Å². The van der Waals surface area contributed by atoms with Gasteiger partial charge in [0.25, 0.3) is 0 Å². The van der Waals surface area contributed by atoms with Gasteiger partial charge in [0, 0.05) is 10.8 Å². The van der Waals surface area contributed by atoms with E-state index in [0.29, 0.717) is 0 Å². The van der Waals surface area contributed by atoms with Crippen LogP contribution in [0.25, 0.3) is 21.9 Å². The van der Waals surface area contributed by atoms with E-state index in [2.05, 4.69) is 4.18 Å². The van der Waals surface area contributed by atoms with Gasteiger partial charge in [-0.1, -0.05) is 0 Å². The van der Waals surface area contributed by atoms with Crippen LogP contribution in [0.4, 0.5) is 13.2 Å². The van der Waals surface area contributed by atoms with E-state index in [4.69, 9.17) is 4.42 Å². The number of furan rings is 1. The van der Waals surface area contributed by atoms with Gasteiger partial charge in [-0.2, -0.15) is 21.6 Å². The molecule has 0 aliphatic rings. The van der Waals surface area contributed by atoms with Gasteiger partial charge in [0.05, 0.1) is 4.90 Å². The Bertz CT molecular complexity index is 1200. The Morgan fingerprint density at radius 2 is 1.46 bits per heavy atom. The molecule has 3 aromatic rings. The van der Waals surface area contributed by atoms with E-state index in [1.54, 1.807) is 0 Å². The molecule has 26 heavy (non-hydrogen) atoms. The molecule has 0 spiro atoms. The summed E-state index contributed by atoms with van der Waals surface area (Å²) in [4.78, 5) is -0.572. The van der Waals surface area contributed by atoms with Gasteiger partial charge in [0.1, 0.15) is 27.0 Å². The molecule has 0 fully saturated rings. The molecule has 0 aliphatic heterocycles. The van der Waals surface area contributed by atoms with Crippen molar-refractivity contribution in [2.75, 3.05) is 0 Å². The molecule has 1 heterocycles. The van der Waals surface area contributed by atoms with Crippen molar-refractivity contribution in [2.24, 2.45) is 0 Å². The van der Waals surface area contributed by atoms with Crippen LogP contribution in [0, 0.1) is 0 Å². The Morgan fingerprint density at radius 3 is 2.00 bits per heavy atom. The zero-order valence-corrected chi connectivity index (χ0v) is 17.5. The molecule has 0 unspecified atom stereocenters. The summed E-state index contributed by atoms with van der Waals surface area (Å²) in [6.45, 7) is 0. The summed E-state index contributed by atoms with van der Waals surface area (Å²) in [6, 6.07) is 6.23. The Morgan fingerprint density at radius 1 is 0.923 bits per heavy atom. The largest absolute Gasteiger partial charge is 1.00 e. The van der Waals surface area contributed by atoms with E-state index in [1.165, 1.54) is 6.07 Å². The summed E-state index contributed by atoms with van der Waals surface area (Å²) in [7, 11) is -10.6. The first kappa shape index (κ1) is 21.6. The van der Waals surface area contributed by atoms with E-state index in [1.807, 2.05) is 0 Å². The average Bonchev–Trinajstić information content (AvgIpc) is 2.82. The molecule has 134 valence electrons. The van der Waals surface area contributed by atoms with Gasteiger partial charge in [0.15, 0.2) is 0 Å². The number of hydrogen-bond donors (Lipinski definition) is 0. The van der Waals surface area contributed by atoms with Crippen LogP contribution in [0.15, 0.2) is 45.7 Å². The maximum absolute atomic E-state index is 12.4. The minimum atomic E-state index is -5.86. The van der Waals surface area contributed by atoms with E-state index in [0.717, 1.165) is 30.3 Å². The molecular weight excluding hydrogens is 428 g/mol. The van der Waals surface area contributed by atoms with E-state index < -0.39 is 36.4 Å². The predicted molar refractivity (Wildman–Crippen MR) is 77.3 cm³/mol. The maximum Gasteiger partial charge on any atom is 1.00 e. The quantitative estimate of drug-likeness (QED) is 0.241. The average molecular weight is 434 g/mol. The van der Waals surface area contributed by atoms with E-state index in [-0.39, 0.29) is 73.3 Å². The first-order chi connectivity index (χ1) is 11.4. The Labute approximate surface area is 187 Å². The molecule has 0 N–H and O–H groups in total. The first-order valence-corrected chi connectivity index (χ1v) is 9.13. The SMILES string of the molecule is O=S(=O)([O-])c1ccc2oc3ccc(OS(=O)(=O)C(F)(F)F)cc3c2c1.[K+]. The molecule has 13 heteroatoms. The third-order valence-corrected chi connectivity index (χ3v) is 5.00. The van der Waals surface area contributed by atoms with Gasteiger partial charge in [-0.05, 0) is 36.4 Å². The second-order valence-corrected chi connectivity index (χ2v) is 7.77. The predicted octanol–water partition coefficient (Wildman–Crippen LogP) is -0.277. The number of alkyl halides is 3. The molecule has 7 nitrogen and oxygen atoms in total. The van der Waals surface area contributed by atoms with Crippen LogP contribution in [0.1, 0.15) is 0 Å². The number of fused-ring (bicyclic) bond motifs is 3. The zero-order valence-electron chi connectivity index (χ0n) is 12.8. The summed E-state index contributed by atoms with van der Waals surface area (Å²) in [5, 5.41) is 0.178. The Hall–Kier alpha value is -0.674. The number of hydrogen-bond acceptors (Lipinski definition) is 7. The van der Waals surface area contributed by atoms with Crippen LogP contribution in [0.3, 0.4) is 0 Å². The molecule has 0 bridgehead atoms. The van der Waals surface area contributed by atoms with Gasteiger partial charge in [0.2, 0.25) is 0 Å². The molecule has 0 aliphatic carbocycles. The van der Waals surface area contributed by atoms with Crippen molar-refractivity contribution < 1.29 is 94.5 Å². The first-order valence-electron chi connectivity index (χ1n) is 6.31. The minimum Gasteiger partial charge on any atom is -0.744 e. The molecule has 2 aromatic carbocycles. The third kappa shape index (κ3) is 4.09. The normalized spacial score (nSPS) is 12.9. The van der Waals surface area contributed by atoms with E-state index >= 15 is 0 Å². The van der Waals surface area contributed by atoms with Crippen LogP contribution in [-0.2, 0) is 20.2 Å². The molecular formula is C13H6F3KO7S2. The molecule has 0 saturated heterocycles. The maximum atomic E-state index is 12.4. The smallest absolute Gasteiger partial charge is 0.744 e. The van der Waals surface area contributed by atoms with Crippen molar-refractivity contribution in [3.63, 3.8) is 0 Å². The number of benzene rings is 2. The molecule has 3 rings (SSSR count). The summed E-state index contributed by atoms with van der Waals surface area (Å²) >= 11 is 0. The fourth-order valence-electron chi connectivity index (χ4n) is 2.12. The van der Waals surface area contributed by atoms with Gasteiger partial charge in [-0.15, -0.1) is 0 Å². The minimum absolute atomic E-state index is 0. The fraction of sp³-hybridized carbons (Fsp3) is 0.0769. The molecule has 0 amide bonds. The summed E-state index contributed by atoms with van der Waals surface area (Å²) < 4.78 is 102. The molecule has 0 atom stereocenters. The van der Waals surface area contributed by atoms with Crippen molar-refractivity contribution in [1.82, 2.24) is 0 Å². The summed E-state index contributed by atoms with van der Waals surface area (Å²) in [5.41, 5.74) is -5.32. The van der Waals surface area contributed by atoms with Crippen LogP contribution >= 0.6 is 0 Å². The van der Waals surface area contributed by atoms with Crippen LogP contribution < -0.4 is 55.6 Å². The van der Waals surface area contributed by atoms with Crippen LogP contribution in [0.2, 0.25) is 0 Å². The van der Waals surface area contributed by atoms with Crippen LogP contribution in [0.5, 0.6) is 5.75 Å². The third-order valence-electron chi connectivity index (χ3n) is 3.19. The second-order valence-electron chi connectivity index (χ2n) is 4.86. The second kappa shape index (κ2) is 7.05. The van der Waals surface area contributed by atoms with E-state index in [9.17, 15) is 34.6 Å².